The lowest BCUT2D eigenvalue weighted by molar-refractivity contribution is -0.226. The molecule has 4 nitrogen and oxygen atoms in total. The Hall–Kier alpha value is -1.26. The standard InChI is InChI=1S/C13H18N2O2/c1-13-6-7-14(2)17-12(13)15(3)11-5-4-9(16)8-10(11)13/h4-5,8,12,16H,6-7H2,1-3H3/t12-,13-/m0/s1. The van der Waals surface area contributed by atoms with Crippen LogP contribution in [0.1, 0.15) is 18.9 Å². The number of hydrogen-bond donors (Lipinski definition) is 1. The van der Waals surface area contributed by atoms with Crippen molar-refractivity contribution in [1.29, 1.82) is 0 Å². The fourth-order valence-electron chi connectivity index (χ4n) is 3.03. The molecule has 0 unspecified atom stereocenters. The minimum atomic E-state index is -0.0324. The predicted molar refractivity (Wildman–Crippen MR) is 66.0 cm³/mol. The average Bonchev–Trinajstić information content (AvgIpc) is 2.50. The van der Waals surface area contributed by atoms with Crippen molar-refractivity contribution >= 4 is 5.69 Å². The van der Waals surface area contributed by atoms with Crippen molar-refractivity contribution in [3.63, 3.8) is 0 Å². The summed E-state index contributed by atoms with van der Waals surface area (Å²) < 4.78 is 0. The van der Waals surface area contributed by atoms with Crippen molar-refractivity contribution in [2.75, 3.05) is 25.5 Å². The SMILES string of the molecule is CN1CC[C@@]2(C)c3cc(O)ccc3N(C)[C@H]2O1. The van der Waals surface area contributed by atoms with Crippen molar-refractivity contribution in [1.82, 2.24) is 5.06 Å². The fraction of sp³-hybridized carbons (Fsp3) is 0.538. The minimum absolute atomic E-state index is 0.0260. The first-order valence-corrected chi connectivity index (χ1v) is 5.96. The maximum Gasteiger partial charge on any atom is 0.160 e. The van der Waals surface area contributed by atoms with Gasteiger partial charge in [-0.05, 0) is 30.2 Å². The van der Waals surface area contributed by atoms with Gasteiger partial charge < -0.3 is 10.0 Å². The number of hydroxylamine groups is 2. The first kappa shape index (κ1) is 10.9. The Morgan fingerprint density at radius 1 is 1.41 bits per heavy atom. The molecule has 0 spiro atoms. The first-order chi connectivity index (χ1) is 8.02. The van der Waals surface area contributed by atoms with Crippen molar-refractivity contribution in [3.8, 4) is 5.75 Å². The molecule has 92 valence electrons. The van der Waals surface area contributed by atoms with Crippen molar-refractivity contribution in [2.24, 2.45) is 0 Å². The molecule has 1 N–H and O–H groups in total. The molecular weight excluding hydrogens is 216 g/mol. The highest BCUT2D eigenvalue weighted by molar-refractivity contribution is 5.64. The Morgan fingerprint density at radius 3 is 2.94 bits per heavy atom. The highest BCUT2D eigenvalue weighted by Crippen LogP contribution is 2.49. The predicted octanol–water partition coefficient (Wildman–Crippen LogP) is 1.69. The molecule has 2 atom stereocenters. The summed E-state index contributed by atoms with van der Waals surface area (Å²) in [6, 6.07) is 5.58. The zero-order valence-electron chi connectivity index (χ0n) is 10.5. The van der Waals surface area contributed by atoms with E-state index in [9.17, 15) is 5.11 Å². The molecule has 1 aromatic carbocycles. The van der Waals surface area contributed by atoms with E-state index in [1.54, 1.807) is 6.07 Å². The Bertz CT molecular complexity index is 463. The highest BCUT2D eigenvalue weighted by atomic mass is 16.7. The van der Waals surface area contributed by atoms with Crippen LogP contribution in [0.2, 0.25) is 0 Å². The van der Waals surface area contributed by atoms with Gasteiger partial charge in [0.2, 0.25) is 0 Å². The zero-order chi connectivity index (χ0) is 12.2. The van der Waals surface area contributed by atoms with Gasteiger partial charge in [-0.2, -0.15) is 5.06 Å². The molecule has 1 aromatic rings. The van der Waals surface area contributed by atoms with Crippen molar-refractivity contribution in [3.05, 3.63) is 23.8 Å². The number of phenolic OH excluding ortho intramolecular Hbond substituents is 1. The van der Waals surface area contributed by atoms with E-state index in [1.165, 1.54) is 5.56 Å². The van der Waals surface area contributed by atoms with E-state index in [2.05, 4.69) is 11.8 Å². The highest BCUT2D eigenvalue weighted by Gasteiger charge is 2.50. The molecule has 0 amide bonds. The average molecular weight is 234 g/mol. The molecule has 0 saturated carbocycles. The van der Waals surface area contributed by atoms with Gasteiger partial charge in [-0.15, -0.1) is 0 Å². The fourth-order valence-corrected chi connectivity index (χ4v) is 3.03. The number of fused-ring (bicyclic) bond motifs is 3. The topological polar surface area (TPSA) is 35.9 Å². The monoisotopic (exact) mass is 234 g/mol. The number of hydrogen-bond acceptors (Lipinski definition) is 4. The summed E-state index contributed by atoms with van der Waals surface area (Å²) in [6.45, 7) is 3.13. The maximum absolute atomic E-state index is 9.67. The largest absolute Gasteiger partial charge is 0.508 e. The number of aromatic hydroxyl groups is 1. The Morgan fingerprint density at radius 2 is 2.18 bits per heavy atom. The number of nitrogens with zero attached hydrogens (tertiary/aromatic N) is 2. The van der Waals surface area contributed by atoms with Gasteiger partial charge in [-0.25, -0.2) is 0 Å². The third kappa shape index (κ3) is 1.37. The lowest BCUT2D eigenvalue weighted by Gasteiger charge is -2.42. The molecule has 2 aliphatic heterocycles. The summed E-state index contributed by atoms with van der Waals surface area (Å²) >= 11 is 0. The van der Waals surface area contributed by atoms with Gasteiger partial charge in [-0.1, -0.05) is 6.92 Å². The summed E-state index contributed by atoms with van der Waals surface area (Å²) in [5.74, 6) is 0.331. The van der Waals surface area contributed by atoms with E-state index in [1.807, 2.05) is 31.3 Å². The minimum Gasteiger partial charge on any atom is -0.508 e. The molecule has 0 aliphatic carbocycles. The third-order valence-electron chi connectivity index (χ3n) is 4.10. The van der Waals surface area contributed by atoms with E-state index in [0.29, 0.717) is 5.75 Å². The van der Waals surface area contributed by atoms with Crippen LogP contribution in [0.25, 0.3) is 0 Å². The van der Waals surface area contributed by atoms with Crippen LogP contribution in [0, 0.1) is 0 Å². The van der Waals surface area contributed by atoms with Crippen LogP contribution in [-0.2, 0) is 10.3 Å². The van der Waals surface area contributed by atoms with Gasteiger partial charge in [0, 0.05) is 31.7 Å². The lowest BCUT2D eigenvalue weighted by Crippen LogP contribution is -2.52. The van der Waals surface area contributed by atoms with Crippen LogP contribution in [0.15, 0.2) is 18.2 Å². The smallest absolute Gasteiger partial charge is 0.160 e. The van der Waals surface area contributed by atoms with Gasteiger partial charge in [0.15, 0.2) is 6.23 Å². The Kier molecular flexibility index (Phi) is 2.15. The molecule has 0 aromatic heterocycles. The second-order valence-electron chi connectivity index (χ2n) is 5.29. The van der Waals surface area contributed by atoms with Crippen molar-refractivity contribution < 1.29 is 9.94 Å². The second-order valence-corrected chi connectivity index (χ2v) is 5.29. The van der Waals surface area contributed by atoms with Crippen LogP contribution >= 0.6 is 0 Å². The van der Waals surface area contributed by atoms with Gasteiger partial charge in [0.05, 0.1) is 0 Å². The summed E-state index contributed by atoms with van der Waals surface area (Å²) in [5.41, 5.74) is 2.32. The molecule has 2 aliphatic rings. The van der Waals surface area contributed by atoms with Gasteiger partial charge in [-0.3, -0.25) is 4.84 Å². The molecule has 0 bridgehead atoms. The van der Waals surface area contributed by atoms with Gasteiger partial charge in [0.1, 0.15) is 5.75 Å². The second kappa shape index (κ2) is 3.37. The van der Waals surface area contributed by atoms with Crippen LogP contribution in [0.5, 0.6) is 5.75 Å². The number of phenols is 1. The van der Waals surface area contributed by atoms with Crippen LogP contribution in [0.4, 0.5) is 5.69 Å². The summed E-state index contributed by atoms with van der Waals surface area (Å²) in [7, 11) is 4.01. The molecule has 1 saturated heterocycles. The van der Waals surface area contributed by atoms with Crippen molar-refractivity contribution in [2.45, 2.75) is 25.0 Å². The van der Waals surface area contributed by atoms with Gasteiger partial charge in [0.25, 0.3) is 0 Å². The van der Waals surface area contributed by atoms with Crippen LogP contribution in [0.3, 0.4) is 0 Å². The van der Waals surface area contributed by atoms with Crippen LogP contribution in [-0.4, -0.2) is 37.0 Å². The molecule has 1 fully saturated rings. The van der Waals surface area contributed by atoms with E-state index >= 15 is 0 Å². The van der Waals surface area contributed by atoms with E-state index < -0.39 is 0 Å². The number of benzene rings is 1. The number of likely N-dealkylation sites (N-methyl/N-ethyl adjacent to an activating group) is 1. The van der Waals surface area contributed by atoms with Gasteiger partial charge >= 0.3 is 0 Å². The molecule has 0 radical (unpaired) electrons. The summed E-state index contributed by atoms with van der Waals surface area (Å²) in [4.78, 5) is 8.08. The molecule has 17 heavy (non-hydrogen) atoms. The van der Waals surface area contributed by atoms with Crippen LogP contribution < -0.4 is 4.90 Å². The Labute approximate surface area is 101 Å². The number of anilines is 1. The lowest BCUT2D eigenvalue weighted by atomic mass is 9.79. The third-order valence-corrected chi connectivity index (χ3v) is 4.10. The molecule has 2 heterocycles. The Balaban J connectivity index is 2.12. The molecule has 3 rings (SSSR count). The first-order valence-electron chi connectivity index (χ1n) is 5.96. The summed E-state index contributed by atoms with van der Waals surface area (Å²) in [6.07, 6.45) is 1.06. The number of rotatable bonds is 0. The quantitative estimate of drug-likeness (QED) is 0.741. The summed E-state index contributed by atoms with van der Waals surface area (Å²) in [5, 5.41) is 11.6. The maximum atomic E-state index is 9.67. The van der Waals surface area contributed by atoms with E-state index in [4.69, 9.17) is 4.84 Å². The van der Waals surface area contributed by atoms with E-state index in [-0.39, 0.29) is 11.6 Å². The normalized spacial score (nSPS) is 32.4. The molecule has 4 heteroatoms. The van der Waals surface area contributed by atoms with E-state index in [0.717, 1.165) is 18.7 Å². The molecular formula is C13H18N2O2. The zero-order valence-corrected chi connectivity index (χ0v) is 10.5.